The topological polar surface area (TPSA) is 62.7 Å². The second-order valence-electron chi connectivity index (χ2n) is 6.93. The normalized spacial score (nSPS) is 18.4. The number of carbonyl (C=O) groups is 1. The number of esters is 1. The molecule has 0 aromatic carbocycles. The number of nitrogens with zero attached hydrogens (tertiary/aromatic N) is 1. The minimum absolute atomic E-state index is 0.135. The van der Waals surface area contributed by atoms with Crippen LogP contribution in [0.1, 0.15) is 59.8 Å². The zero-order valence-electron chi connectivity index (χ0n) is 14.2. The molecule has 0 bridgehead atoms. The van der Waals surface area contributed by atoms with E-state index in [1.165, 1.54) is 32.1 Å². The number of aliphatic imine (C=N–C) groups is 1. The number of ether oxygens (including phenoxy) is 1. The molecule has 0 saturated heterocycles. The molecular formula is C16H31N3O2. The molecule has 2 N–H and O–H groups in total. The van der Waals surface area contributed by atoms with E-state index in [4.69, 9.17) is 4.74 Å². The predicted molar refractivity (Wildman–Crippen MR) is 86.4 cm³/mol. The zero-order valence-corrected chi connectivity index (χ0v) is 14.2. The summed E-state index contributed by atoms with van der Waals surface area (Å²) in [4.78, 5) is 15.9. The van der Waals surface area contributed by atoms with Gasteiger partial charge in [-0.3, -0.25) is 9.79 Å². The molecule has 0 spiro atoms. The van der Waals surface area contributed by atoms with Gasteiger partial charge >= 0.3 is 5.97 Å². The predicted octanol–water partition coefficient (Wildman–Crippen LogP) is 2.46. The van der Waals surface area contributed by atoms with E-state index in [0.29, 0.717) is 11.4 Å². The van der Waals surface area contributed by atoms with Gasteiger partial charge in [0.05, 0.1) is 0 Å². The second kappa shape index (κ2) is 7.66. The summed E-state index contributed by atoms with van der Waals surface area (Å²) in [5, 5.41) is 6.37. The van der Waals surface area contributed by atoms with Crippen molar-refractivity contribution in [1.82, 2.24) is 10.6 Å². The molecule has 1 rings (SSSR count). The summed E-state index contributed by atoms with van der Waals surface area (Å²) in [7, 11) is 1.72. The maximum absolute atomic E-state index is 11.7. The molecule has 0 radical (unpaired) electrons. The van der Waals surface area contributed by atoms with E-state index in [0.717, 1.165) is 6.54 Å². The largest absolute Gasteiger partial charge is 0.459 e. The van der Waals surface area contributed by atoms with Crippen molar-refractivity contribution in [2.75, 3.05) is 20.1 Å². The van der Waals surface area contributed by atoms with Crippen molar-refractivity contribution in [3.63, 3.8) is 0 Å². The Morgan fingerprint density at radius 1 is 1.24 bits per heavy atom. The molecule has 21 heavy (non-hydrogen) atoms. The summed E-state index contributed by atoms with van der Waals surface area (Å²) in [6.45, 7) is 8.90. The first-order chi connectivity index (χ1) is 9.80. The molecule has 1 saturated carbocycles. The summed E-state index contributed by atoms with van der Waals surface area (Å²) in [6, 6.07) is 0. The van der Waals surface area contributed by atoms with Crippen LogP contribution >= 0.6 is 0 Å². The molecular weight excluding hydrogens is 266 g/mol. The van der Waals surface area contributed by atoms with Crippen molar-refractivity contribution in [3.05, 3.63) is 0 Å². The van der Waals surface area contributed by atoms with E-state index in [-0.39, 0.29) is 12.5 Å². The van der Waals surface area contributed by atoms with Crippen LogP contribution < -0.4 is 10.6 Å². The molecule has 5 heteroatoms. The van der Waals surface area contributed by atoms with Crippen molar-refractivity contribution in [2.45, 2.75) is 65.4 Å². The average Bonchev–Trinajstić information content (AvgIpc) is 2.86. The lowest BCUT2D eigenvalue weighted by Crippen LogP contribution is -2.45. The number of carbonyl (C=O) groups excluding carboxylic acids is 1. The lowest BCUT2D eigenvalue weighted by Gasteiger charge is -2.28. The highest BCUT2D eigenvalue weighted by Gasteiger charge is 2.31. The first kappa shape index (κ1) is 17.8. The molecule has 0 unspecified atom stereocenters. The van der Waals surface area contributed by atoms with Gasteiger partial charge in [-0.05, 0) is 45.4 Å². The van der Waals surface area contributed by atoms with Gasteiger partial charge in [0.25, 0.3) is 0 Å². The summed E-state index contributed by atoms with van der Waals surface area (Å²) in [6.07, 6.45) is 6.38. The third kappa shape index (κ3) is 6.36. The lowest BCUT2D eigenvalue weighted by atomic mass is 9.83. The van der Waals surface area contributed by atoms with Crippen LogP contribution in [-0.4, -0.2) is 37.7 Å². The standard InChI is InChI=1S/C16H31N3O2/c1-6-16(9-7-8-10-16)12-19-14(17-5)18-11-13(20)21-15(2,3)4/h6-12H2,1-5H3,(H2,17,18,19). The van der Waals surface area contributed by atoms with Gasteiger partial charge in [0, 0.05) is 13.6 Å². The number of hydrogen-bond acceptors (Lipinski definition) is 3. The van der Waals surface area contributed by atoms with Crippen LogP contribution in [0.3, 0.4) is 0 Å². The fourth-order valence-electron chi connectivity index (χ4n) is 2.81. The minimum atomic E-state index is -0.453. The maximum Gasteiger partial charge on any atom is 0.325 e. The van der Waals surface area contributed by atoms with Crippen molar-refractivity contribution >= 4 is 11.9 Å². The van der Waals surface area contributed by atoms with E-state index >= 15 is 0 Å². The van der Waals surface area contributed by atoms with Gasteiger partial charge in [-0.25, -0.2) is 0 Å². The Kier molecular flexibility index (Phi) is 6.49. The molecule has 5 nitrogen and oxygen atoms in total. The summed E-state index contributed by atoms with van der Waals surface area (Å²) < 4.78 is 5.27. The Balaban J connectivity index is 2.37. The van der Waals surface area contributed by atoms with E-state index in [1.54, 1.807) is 7.05 Å². The third-order valence-electron chi connectivity index (χ3n) is 4.09. The number of rotatable bonds is 5. The highest BCUT2D eigenvalue weighted by molar-refractivity contribution is 5.84. The quantitative estimate of drug-likeness (QED) is 0.465. The number of guanidine groups is 1. The SMILES string of the molecule is CCC1(CNC(=NC)NCC(=O)OC(C)(C)C)CCCC1. The molecule has 0 aliphatic heterocycles. The van der Waals surface area contributed by atoms with Crippen LogP contribution in [0.5, 0.6) is 0 Å². The smallest absolute Gasteiger partial charge is 0.325 e. The van der Waals surface area contributed by atoms with Gasteiger partial charge in [-0.2, -0.15) is 0 Å². The Morgan fingerprint density at radius 2 is 1.86 bits per heavy atom. The van der Waals surface area contributed by atoms with Crippen molar-refractivity contribution in [1.29, 1.82) is 0 Å². The van der Waals surface area contributed by atoms with Gasteiger partial charge in [0.2, 0.25) is 0 Å². The van der Waals surface area contributed by atoms with Gasteiger partial charge in [0.15, 0.2) is 5.96 Å². The van der Waals surface area contributed by atoms with Crippen molar-refractivity contribution < 1.29 is 9.53 Å². The van der Waals surface area contributed by atoms with E-state index in [9.17, 15) is 4.79 Å². The number of hydrogen-bond donors (Lipinski definition) is 2. The molecule has 122 valence electrons. The van der Waals surface area contributed by atoms with E-state index in [1.807, 2.05) is 20.8 Å². The molecule has 0 amide bonds. The lowest BCUT2D eigenvalue weighted by molar-refractivity contribution is -0.153. The van der Waals surface area contributed by atoms with Gasteiger partial charge < -0.3 is 15.4 Å². The van der Waals surface area contributed by atoms with Crippen LogP contribution in [-0.2, 0) is 9.53 Å². The molecule has 0 aromatic rings. The van der Waals surface area contributed by atoms with E-state index < -0.39 is 5.60 Å². The van der Waals surface area contributed by atoms with Crippen LogP contribution in [0, 0.1) is 5.41 Å². The van der Waals surface area contributed by atoms with Crippen LogP contribution in [0.4, 0.5) is 0 Å². The first-order valence-electron chi connectivity index (χ1n) is 7.97. The average molecular weight is 297 g/mol. The Hall–Kier alpha value is -1.26. The molecule has 0 aromatic heterocycles. The molecule has 1 aliphatic rings. The molecule has 1 aliphatic carbocycles. The highest BCUT2D eigenvalue weighted by Crippen LogP contribution is 2.40. The second-order valence-corrected chi connectivity index (χ2v) is 6.93. The van der Waals surface area contributed by atoms with Gasteiger partial charge in [0.1, 0.15) is 12.1 Å². The number of nitrogens with one attached hydrogen (secondary N) is 2. The van der Waals surface area contributed by atoms with Crippen LogP contribution in [0.25, 0.3) is 0 Å². The maximum atomic E-state index is 11.7. The zero-order chi connectivity index (χ0) is 15.9. The summed E-state index contributed by atoms with van der Waals surface area (Å²) in [5.74, 6) is 0.400. The monoisotopic (exact) mass is 297 g/mol. The fourth-order valence-corrected chi connectivity index (χ4v) is 2.81. The Bertz CT molecular complexity index is 366. The molecule has 0 heterocycles. The van der Waals surface area contributed by atoms with Crippen molar-refractivity contribution in [3.8, 4) is 0 Å². The third-order valence-corrected chi connectivity index (χ3v) is 4.09. The van der Waals surface area contributed by atoms with Crippen LogP contribution in [0.2, 0.25) is 0 Å². The van der Waals surface area contributed by atoms with Crippen molar-refractivity contribution in [2.24, 2.45) is 10.4 Å². The van der Waals surface area contributed by atoms with Gasteiger partial charge in [-0.1, -0.05) is 19.8 Å². The Labute approximate surface area is 128 Å². The van der Waals surface area contributed by atoms with Gasteiger partial charge in [-0.15, -0.1) is 0 Å². The fraction of sp³-hybridized carbons (Fsp3) is 0.875. The molecule has 0 atom stereocenters. The van der Waals surface area contributed by atoms with Crippen LogP contribution in [0.15, 0.2) is 4.99 Å². The Morgan fingerprint density at radius 3 is 2.33 bits per heavy atom. The minimum Gasteiger partial charge on any atom is -0.459 e. The van der Waals surface area contributed by atoms with E-state index in [2.05, 4.69) is 22.5 Å². The summed E-state index contributed by atoms with van der Waals surface area (Å²) >= 11 is 0. The highest BCUT2D eigenvalue weighted by atomic mass is 16.6. The molecule has 1 fully saturated rings. The summed E-state index contributed by atoms with van der Waals surface area (Å²) in [5.41, 5.74) is -0.0602. The first-order valence-corrected chi connectivity index (χ1v) is 7.97.